The number of Topliss-reactive ketones (excluding diaryl/α,β-unsaturated/α-hetero) is 1. The predicted molar refractivity (Wildman–Crippen MR) is 107 cm³/mol. The van der Waals surface area contributed by atoms with Crippen LogP contribution >= 0.6 is 11.3 Å². The molecule has 0 saturated carbocycles. The quantitative estimate of drug-likeness (QED) is 0.403. The van der Waals surface area contributed by atoms with Crippen molar-refractivity contribution >= 4 is 33.9 Å². The number of rotatable bonds is 3. The lowest BCUT2D eigenvalue weighted by molar-refractivity contribution is -0.132. The lowest BCUT2D eigenvalue weighted by Crippen LogP contribution is -2.29. The molecule has 1 aliphatic heterocycles. The second kappa shape index (κ2) is 7.21. The third kappa shape index (κ3) is 3.31. The van der Waals surface area contributed by atoms with Crippen molar-refractivity contribution in [2.45, 2.75) is 19.9 Å². The average Bonchev–Trinajstić information content (AvgIpc) is 3.24. The maximum absolute atomic E-state index is 13.3. The van der Waals surface area contributed by atoms with E-state index >= 15 is 0 Å². The van der Waals surface area contributed by atoms with Crippen LogP contribution in [0.2, 0.25) is 0 Å². The molecule has 8 heteroatoms. The Hall–Kier alpha value is -3.39. The number of aryl methyl sites for hydroxylation is 2. The van der Waals surface area contributed by atoms with E-state index in [1.807, 2.05) is 19.1 Å². The van der Waals surface area contributed by atoms with Gasteiger partial charge in [0.05, 0.1) is 11.6 Å². The average molecular weight is 409 g/mol. The number of aromatic nitrogens is 2. The maximum atomic E-state index is 13.3. The molecule has 1 unspecified atom stereocenters. The highest BCUT2D eigenvalue weighted by molar-refractivity contribution is 7.15. The fourth-order valence-electron chi connectivity index (χ4n) is 3.24. The fourth-order valence-corrected chi connectivity index (χ4v) is 3.95. The Morgan fingerprint density at radius 3 is 2.28 bits per heavy atom. The van der Waals surface area contributed by atoms with Gasteiger partial charge in [-0.3, -0.25) is 14.5 Å². The van der Waals surface area contributed by atoms with Crippen LogP contribution in [0.15, 0.2) is 54.1 Å². The van der Waals surface area contributed by atoms with E-state index in [0.717, 1.165) is 5.56 Å². The number of nitrogens with zero attached hydrogens (tertiary/aromatic N) is 3. The first kappa shape index (κ1) is 18.9. The Balaban J connectivity index is 1.93. The Bertz CT molecular complexity index is 1140. The standard InChI is InChI=1S/C21H16FN3O3S/c1-11-3-5-13(6-4-11)17-16(18(26)14-7-9-15(22)10-8-14)19(27)20(28)25(17)21-24-23-12(2)29-21/h3-10,17,26H,1-2H3/b18-16-. The number of hydrogen-bond donors (Lipinski definition) is 1. The van der Waals surface area contributed by atoms with Gasteiger partial charge in [-0.2, -0.15) is 0 Å². The molecule has 1 N–H and O–H groups in total. The smallest absolute Gasteiger partial charge is 0.301 e. The van der Waals surface area contributed by atoms with Gasteiger partial charge in [0.2, 0.25) is 5.13 Å². The number of carbonyl (C=O) groups is 2. The first-order chi connectivity index (χ1) is 13.9. The number of aliphatic hydroxyl groups is 1. The fraction of sp³-hybridized carbons (Fsp3) is 0.143. The predicted octanol–water partition coefficient (Wildman–Crippen LogP) is 3.92. The van der Waals surface area contributed by atoms with Crippen molar-refractivity contribution in [3.8, 4) is 0 Å². The number of benzene rings is 2. The third-order valence-electron chi connectivity index (χ3n) is 4.68. The van der Waals surface area contributed by atoms with Crippen LogP contribution in [0, 0.1) is 19.7 Å². The number of ketones is 1. The molecule has 3 aromatic rings. The Morgan fingerprint density at radius 2 is 1.69 bits per heavy atom. The van der Waals surface area contributed by atoms with Gasteiger partial charge in [0.25, 0.3) is 5.78 Å². The van der Waals surface area contributed by atoms with Gasteiger partial charge >= 0.3 is 5.91 Å². The molecule has 0 bridgehead atoms. The molecular weight excluding hydrogens is 393 g/mol. The Morgan fingerprint density at radius 1 is 1.03 bits per heavy atom. The first-order valence-electron chi connectivity index (χ1n) is 8.80. The van der Waals surface area contributed by atoms with Crippen LogP contribution in [-0.4, -0.2) is 27.0 Å². The van der Waals surface area contributed by atoms with Gasteiger partial charge in [-0.25, -0.2) is 4.39 Å². The Kier molecular flexibility index (Phi) is 4.71. The molecule has 0 spiro atoms. The third-order valence-corrected chi connectivity index (χ3v) is 5.51. The van der Waals surface area contributed by atoms with Crippen LogP contribution < -0.4 is 4.90 Å². The molecule has 1 fully saturated rings. The van der Waals surface area contributed by atoms with E-state index in [-0.39, 0.29) is 22.0 Å². The minimum absolute atomic E-state index is 0.0710. The molecule has 1 aromatic heterocycles. The molecule has 2 heterocycles. The van der Waals surface area contributed by atoms with Crippen LogP contribution in [0.3, 0.4) is 0 Å². The van der Waals surface area contributed by atoms with E-state index in [0.29, 0.717) is 10.6 Å². The molecule has 1 aliphatic rings. The number of anilines is 1. The molecule has 1 saturated heterocycles. The summed E-state index contributed by atoms with van der Waals surface area (Å²) in [5.41, 5.74) is 1.83. The number of amides is 1. The van der Waals surface area contributed by atoms with Gasteiger partial charge in [-0.15, -0.1) is 10.2 Å². The van der Waals surface area contributed by atoms with Crippen LogP contribution in [-0.2, 0) is 9.59 Å². The normalized spacial score (nSPS) is 18.4. The van der Waals surface area contributed by atoms with E-state index in [1.54, 1.807) is 19.1 Å². The summed E-state index contributed by atoms with van der Waals surface area (Å²) in [6.07, 6.45) is 0. The van der Waals surface area contributed by atoms with Crippen molar-refractivity contribution < 1.29 is 19.1 Å². The van der Waals surface area contributed by atoms with Gasteiger partial charge in [-0.05, 0) is 43.7 Å². The van der Waals surface area contributed by atoms with Gasteiger partial charge < -0.3 is 5.11 Å². The van der Waals surface area contributed by atoms with Crippen LogP contribution in [0.1, 0.15) is 27.7 Å². The lowest BCUT2D eigenvalue weighted by atomic mass is 9.95. The number of aliphatic hydroxyl groups excluding tert-OH is 1. The summed E-state index contributed by atoms with van der Waals surface area (Å²) >= 11 is 1.18. The van der Waals surface area contributed by atoms with Crippen LogP contribution in [0.4, 0.5) is 9.52 Å². The summed E-state index contributed by atoms with van der Waals surface area (Å²) in [5.74, 6) is -2.46. The monoisotopic (exact) mass is 409 g/mol. The van der Waals surface area contributed by atoms with E-state index < -0.39 is 23.5 Å². The van der Waals surface area contributed by atoms with E-state index in [4.69, 9.17) is 0 Å². The highest BCUT2D eigenvalue weighted by Crippen LogP contribution is 2.42. The summed E-state index contributed by atoms with van der Waals surface area (Å²) in [5, 5.41) is 19.8. The topological polar surface area (TPSA) is 83.4 Å². The molecule has 0 aliphatic carbocycles. The summed E-state index contributed by atoms with van der Waals surface area (Å²) < 4.78 is 13.3. The minimum atomic E-state index is -0.868. The molecule has 1 atom stereocenters. The SMILES string of the molecule is Cc1ccc(C2/C(=C(/O)c3ccc(F)cc3)C(=O)C(=O)N2c2nnc(C)s2)cc1. The molecule has 4 rings (SSSR count). The molecular formula is C21H16FN3O3S. The number of halogens is 1. The van der Waals surface area contributed by atoms with Crippen molar-refractivity contribution in [1.29, 1.82) is 0 Å². The van der Waals surface area contributed by atoms with Gasteiger partial charge in [0.1, 0.15) is 16.6 Å². The minimum Gasteiger partial charge on any atom is -0.507 e. The molecule has 6 nitrogen and oxygen atoms in total. The maximum Gasteiger partial charge on any atom is 0.301 e. The van der Waals surface area contributed by atoms with Crippen molar-refractivity contribution in [2.24, 2.45) is 0 Å². The molecule has 146 valence electrons. The number of carbonyl (C=O) groups excluding carboxylic acids is 2. The Labute approximate surface area is 169 Å². The zero-order chi connectivity index (χ0) is 20.7. The zero-order valence-electron chi connectivity index (χ0n) is 15.6. The highest BCUT2D eigenvalue weighted by Gasteiger charge is 2.48. The van der Waals surface area contributed by atoms with Gasteiger partial charge in [0, 0.05) is 5.56 Å². The lowest BCUT2D eigenvalue weighted by Gasteiger charge is -2.22. The van der Waals surface area contributed by atoms with E-state index in [2.05, 4.69) is 10.2 Å². The molecule has 29 heavy (non-hydrogen) atoms. The highest BCUT2D eigenvalue weighted by atomic mass is 32.1. The van der Waals surface area contributed by atoms with Crippen molar-refractivity contribution in [3.63, 3.8) is 0 Å². The van der Waals surface area contributed by atoms with Crippen LogP contribution in [0.5, 0.6) is 0 Å². The largest absolute Gasteiger partial charge is 0.507 e. The van der Waals surface area contributed by atoms with Crippen molar-refractivity contribution in [3.05, 3.63) is 81.6 Å². The molecule has 2 aromatic carbocycles. The van der Waals surface area contributed by atoms with Crippen LogP contribution in [0.25, 0.3) is 5.76 Å². The van der Waals surface area contributed by atoms with Crippen molar-refractivity contribution in [1.82, 2.24) is 10.2 Å². The summed E-state index contributed by atoms with van der Waals surface area (Å²) in [6, 6.07) is 11.5. The second-order valence-corrected chi connectivity index (χ2v) is 7.85. The zero-order valence-corrected chi connectivity index (χ0v) is 16.4. The van der Waals surface area contributed by atoms with Gasteiger partial charge in [0.15, 0.2) is 0 Å². The second-order valence-electron chi connectivity index (χ2n) is 6.69. The summed E-state index contributed by atoms with van der Waals surface area (Å²) in [7, 11) is 0. The van der Waals surface area contributed by atoms with Gasteiger partial charge in [-0.1, -0.05) is 41.2 Å². The van der Waals surface area contributed by atoms with Crippen molar-refractivity contribution in [2.75, 3.05) is 4.90 Å². The molecule has 0 radical (unpaired) electrons. The summed E-state index contributed by atoms with van der Waals surface area (Å²) in [6.45, 7) is 3.67. The first-order valence-corrected chi connectivity index (χ1v) is 9.62. The van der Waals surface area contributed by atoms with E-state index in [1.165, 1.54) is 40.5 Å². The number of hydrogen-bond acceptors (Lipinski definition) is 6. The summed E-state index contributed by atoms with van der Waals surface area (Å²) in [4.78, 5) is 27.0. The molecule has 1 amide bonds. The van der Waals surface area contributed by atoms with E-state index in [9.17, 15) is 19.1 Å².